The highest BCUT2D eigenvalue weighted by Gasteiger charge is 2.25. The summed E-state index contributed by atoms with van der Waals surface area (Å²) in [6.07, 6.45) is 6.99. The number of carbonyl (C=O) groups is 1. The van der Waals surface area contributed by atoms with Gasteiger partial charge in [0.05, 0.1) is 0 Å². The molecule has 0 atom stereocenters. The monoisotopic (exact) mass is 322 g/mol. The van der Waals surface area contributed by atoms with Gasteiger partial charge in [0, 0.05) is 44.6 Å². The van der Waals surface area contributed by atoms with Gasteiger partial charge in [-0.2, -0.15) is 0 Å². The van der Waals surface area contributed by atoms with Gasteiger partial charge in [-0.25, -0.2) is 4.98 Å². The largest absolute Gasteiger partial charge is 0.335 e. The lowest BCUT2D eigenvalue weighted by Crippen LogP contribution is -2.50. The molecule has 0 aromatic carbocycles. The molecule has 6 heteroatoms. The SMILES string of the molecule is NCc1nc(C(=O)N2CCN(CC3CCCCC3)CC2)cs1. The molecule has 22 heavy (non-hydrogen) atoms. The smallest absolute Gasteiger partial charge is 0.273 e. The summed E-state index contributed by atoms with van der Waals surface area (Å²) in [5, 5.41) is 2.66. The minimum atomic E-state index is 0.0632. The van der Waals surface area contributed by atoms with E-state index in [-0.39, 0.29) is 5.91 Å². The van der Waals surface area contributed by atoms with Crippen LogP contribution in [0.25, 0.3) is 0 Å². The highest BCUT2D eigenvalue weighted by atomic mass is 32.1. The Morgan fingerprint density at radius 2 is 1.95 bits per heavy atom. The second kappa shape index (κ2) is 7.53. The number of piperazine rings is 1. The van der Waals surface area contributed by atoms with E-state index in [1.807, 2.05) is 10.3 Å². The van der Waals surface area contributed by atoms with Crippen molar-refractivity contribution in [2.24, 2.45) is 11.7 Å². The Bertz CT molecular complexity index is 490. The van der Waals surface area contributed by atoms with Gasteiger partial charge in [0.25, 0.3) is 5.91 Å². The Morgan fingerprint density at radius 3 is 2.59 bits per heavy atom. The third kappa shape index (κ3) is 3.86. The second-order valence-electron chi connectivity index (χ2n) is 6.43. The quantitative estimate of drug-likeness (QED) is 0.920. The van der Waals surface area contributed by atoms with E-state index in [1.165, 1.54) is 50.0 Å². The summed E-state index contributed by atoms with van der Waals surface area (Å²) in [7, 11) is 0. The number of carbonyl (C=O) groups excluding carboxylic acids is 1. The van der Waals surface area contributed by atoms with Gasteiger partial charge in [-0.1, -0.05) is 19.3 Å². The second-order valence-corrected chi connectivity index (χ2v) is 7.37. The van der Waals surface area contributed by atoms with Crippen LogP contribution in [0.2, 0.25) is 0 Å². The number of rotatable bonds is 4. The zero-order valence-electron chi connectivity index (χ0n) is 13.2. The molecule has 1 saturated heterocycles. The first-order valence-electron chi connectivity index (χ1n) is 8.42. The number of hydrogen-bond acceptors (Lipinski definition) is 5. The van der Waals surface area contributed by atoms with Crippen LogP contribution in [0, 0.1) is 5.92 Å². The van der Waals surface area contributed by atoms with Crippen LogP contribution in [0.3, 0.4) is 0 Å². The molecule has 1 aliphatic carbocycles. The Morgan fingerprint density at radius 1 is 1.23 bits per heavy atom. The van der Waals surface area contributed by atoms with Gasteiger partial charge in [0.2, 0.25) is 0 Å². The maximum Gasteiger partial charge on any atom is 0.273 e. The highest BCUT2D eigenvalue weighted by molar-refractivity contribution is 7.09. The molecular formula is C16H26N4OS. The molecule has 0 radical (unpaired) electrons. The van der Waals surface area contributed by atoms with Crippen molar-refractivity contribution in [1.82, 2.24) is 14.8 Å². The van der Waals surface area contributed by atoms with Crippen molar-refractivity contribution in [3.8, 4) is 0 Å². The van der Waals surface area contributed by atoms with Crippen molar-refractivity contribution in [1.29, 1.82) is 0 Å². The summed E-state index contributed by atoms with van der Waals surface area (Å²) >= 11 is 1.47. The zero-order valence-corrected chi connectivity index (χ0v) is 14.0. The Balaban J connectivity index is 1.47. The van der Waals surface area contributed by atoms with Gasteiger partial charge in [-0.15, -0.1) is 11.3 Å². The van der Waals surface area contributed by atoms with Crippen LogP contribution in [0.1, 0.15) is 47.6 Å². The lowest BCUT2D eigenvalue weighted by Gasteiger charge is -2.37. The summed E-state index contributed by atoms with van der Waals surface area (Å²) in [5.74, 6) is 0.940. The molecule has 2 fully saturated rings. The van der Waals surface area contributed by atoms with Crippen LogP contribution < -0.4 is 5.73 Å². The first kappa shape index (κ1) is 15.9. The van der Waals surface area contributed by atoms with Gasteiger partial charge in [0.1, 0.15) is 10.7 Å². The number of nitrogens with zero attached hydrogens (tertiary/aromatic N) is 3. The van der Waals surface area contributed by atoms with Crippen molar-refractivity contribution in [2.75, 3.05) is 32.7 Å². The molecule has 0 bridgehead atoms. The predicted molar refractivity (Wildman–Crippen MR) is 88.9 cm³/mol. The third-order valence-electron chi connectivity index (χ3n) is 4.85. The van der Waals surface area contributed by atoms with Crippen LogP contribution in [0.5, 0.6) is 0 Å². The van der Waals surface area contributed by atoms with E-state index < -0.39 is 0 Å². The Labute approximate surface area is 136 Å². The van der Waals surface area contributed by atoms with E-state index >= 15 is 0 Å². The molecule has 1 amide bonds. The molecule has 5 nitrogen and oxygen atoms in total. The molecule has 2 aliphatic rings. The van der Waals surface area contributed by atoms with Crippen LogP contribution in [-0.4, -0.2) is 53.4 Å². The minimum Gasteiger partial charge on any atom is -0.335 e. The van der Waals surface area contributed by atoms with Crippen LogP contribution in [0.4, 0.5) is 0 Å². The van der Waals surface area contributed by atoms with Gasteiger partial charge < -0.3 is 10.6 Å². The fraction of sp³-hybridized carbons (Fsp3) is 0.750. The third-order valence-corrected chi connectivity index (χ3v) is 5.72. The van der Waals surface area contributed by atoms with Gasteiger partial charge in [-0.3, -0.25) is 9.69 Å². The van der Waals surface area contributed by atoms with E-state index in [1.54, 1.807) is 0 Å². The van der Waals surface area contributed by atoms with E-state index in [2.05, 4.69) is 9.88 Å². The maximum absolute atomic E-state index is 12.4. The summed E-state index contributed by atoms with van der Waals surface area (Å²) in [6.45, 7) is 5.26. The summed E-state index contributed by atoms with van der Waals surface area (Å²) in [5.41, 5.74) is 6.13. The number of amides is 1. The topological polar surface area (TPSA) is 62.5 Å². The molecule has 1 saturated carbocycles. The molecule has 1 aromatic heterocycles. The molecule has 0 spiro atoms. The highest BCUT2D eigenvalue weighted by Crippen LogP contribution is 2.24. The van der Waals surface area contributed by atoms with E-state index in [0.717, 1.165) is 37.1 Å². The van der Waals surface area contributed by atoms with E-state index in [9.17, 15) is 4.79 Å². The first-order chi connectivity index (χ1) is 10.8. The number of hydrogen-bond donors (Lipinski definition) is 1. The minimum absolute atomic E-state index is 0.0632. The predicted octanol–water partition coefficient (Wildman–Crippen LogP) is 1.94. The van der Waals surface area contributed by atoms with Crippen molar-refractivity contribution >= 4 is 17.2 Å². The molecule has 0 unspecified atom stereocenters. The number of nitrogens with two attached hydrogens (primary N) is 1. The standard InChI is InChI=1S/C16H26N4OS/c17-10-15-18-14(12-22-15)16(21)20-8-6-19(7-9-20)11-13-4-2-1-3-5-13/h12-13H,1-11,17H2. The number of thiazole rings is 1. The average Bonchev–Trinajstić information content (AvgIpc) is 3.05. The summed E-state index contributed by atoms with van der Waals surface area (Å²) in [4.78, 5) is 21.2. The van der Waals surface area contributed by atoms with Crippen molar-refractivity contribution in [2.45, 2.75) is 38.6 Å². The van der Waals surface area contributed by atoms with Gasteiger partial charge >= 0.3 is 0 Å². The molecule has 2 N–H and O–H groups in total. The Hall–Kier alpha value is -0.980. The average molecular weight is 322 g/mol. The summed E-state index contributed by atoms with van der Waals surface area (Å²) < 4.78 is 0. The molecule has 122 valence electrons. The van der Waals surface area contributed by atoms with Crippen molar-refractivity contribution < 1.29 is 4.79 Å². The van der Waals surface area contributed by atoms with Crippen LogP contribution in [0.15, 0.2) is 5.38 Å². The van der Waals surface area contributed by atoms with Gasteiger partial charge in [-0.05, 0) is 18.8 Å². The van der Waals surface area contributed by atoms with Crippen molar-refractivity contribution in [3.63, 3.8) is 0 Å². The maximum atomic E-state index is 12.4. The van der Waals surface area contributed by atoms with Crippen LogP contribution in [-0.2, 0) is 6.54 Å². The molecule has 1 aromatic rings. The molecule has 3 rings (SSSR count). The fourth-order valence-electron chi connectivity index (χ4n) is 3.53. The number of aromatic nitrogens is 1. The zero-order chi connectivity index (χ0) is 15.4. The Kier molecular flexibility index (Phi) is 5.44. The first-order valence-corrected chi connectivity index (χ1v) is 9.30. The normalized spacial score (nSPS) is 21.2. The van der Waals surface area contributed by atoms with Crippen LogP contribution >= 0.6 is 11.3 Å². The molecule has 2 heterocycles. The van der Waals surface area contributed by atoms with Gasteiger partial charge in [0.15, 0.2) is 0 Å². The van der Waals surface area contributed by atoms with E-state index in [0.29, 0.717) is 12.2 Å². The lowest BCUT2D eigenvalue weighted by molar-refractivity contribution is 0.0601. The molecular weight excluding hydrogens is 296 g/mol. The summed E-state index contributed by atoms with van der Waals surface area (Å²) in [6, 6.07) is 0. The van der Waals surface area contributed by atoms with Crippen molar-refractivity contribution in [3.05, 3.63) is 16.1 Å². The van der Waals surface area contributed by atoms with E-state index in [4.69, 9.17) is 5.73 Å². The lowest BCUT2D eigenvalue weighted by atomic mass is 9.89. The molecule has 1 aliphatic heterocycles. The fourth-order valence-corrected chi connectivity index (χ4v) is 4.18.